The first kappa shape index (κ1) is 18.7. The van der Waals surface area contributed by atoms with E-state index in [1.807, 2.05) is 60.9 Å². The molecule has 0 saturated carbocycles. The highest BCUT2D eigenvalue weighted by Crippen LogP contribution is 2.38. The van der Waals surface area contributed by atoms with Crippen molar-refractivity contribution < 1.29 is 20.4 Å². The molecule has 4 atom stereocenters. The summed E-state index contributed by atoms with van der Waals surface area (Å²) in [4.78, 5) is 6.42. The van der Waals surface area contributed by atoms with Gasteiger partial charge in [0, 0.05) is 40.1 Å². The summed E-state index contributed by atoms with van der Waals surface area (Å²) in [5.74, 6) is -0.615. The van der Waals surface area contributed by atoms with E-state index in [-0.39, 0.29) is 0 Å². The van der Waals surface area contributed by atoms with Crippen LogP contribution in [0.2, 0.25) is 0 Å². The van der Waals surface area contributed by atoms with Crippen molar-refractivity contribution in [3.63, 3.8) is 0 Å². The largest absolute Gasteiger partial charge is 0.391 e. The molecule has 28 heavy (non-hydrogen) atoms. The van der Waals surface area contributed by atoms with Crippen molar-refractivity contribution in [3.8, 4) is 0 Å². The molecule has 0 amide bonds. The molecule has 6 nitrogen and oxygen atoms in total. The van der Waals surface area contributed by atoms with Crippen LogP contribution in [0.4, 0.5) is 0 Å². The summed E-state index contributed by atoms with van der Waals surface area (Å²) in [6, 6.07) is 15.5. The molecule has 2 aromatic heterocycles. The standard InChI is InChI=1S/C22H24N2O4/c1-12(25)20(26)22(28)21(27)19(15-10-23-17-8-4-2-6-13(15)17)16-11-24-18-9-5-3-7-14(16)18/h2-12,19-28H,1H3/t12-,20-,21+,22+/m1/s1. The van der Waals surface area contributed by atoms with Crippen molar-refractivity contribution in [1.29, 1.82) is 0 Å². The Morgan fingerprint density at radius 2 is 1.11 bits per heavy atom. The molecule has 6 N–H and O–H groups in total. The fourth-order valence-electron chi connectivity index (χ4n) is 3.92. The maximum atomic E-state index is 11.1. The third-order valence-corrected chi connectivity index (χ3v) is 5.45. The van der Waals surface area contributed by atoms with Crippen LogP contribution in [-0.2, 0) is 0 Å². The van der Waals surface area contributed by atoms with E-state index in [4.69, 9.17) is 0 Å². The average Bonchev–Trinajstić information content (AvgIpc) is 3.32. The molecule has 0 unspecified atom stereocenters. The molecule has 4 aromatic rings. The number of aromatic nitrogens is 2. The molecule has 0 saturated heterocycles. The van der Waals surface area contributed by atoms with Gasteiger partial charge in [0.15, 0.2) is 0 Å². The van der Waals surface area contributed by atoms with Gasteiger partial charge >= 0.3 is 0 Å². The van der Waals surface area contributed by atoms with Crippen molar-refractivity contribution in [3.05, 3.63) is 72.1 Å². The van der Waals surface area contributed by atoms with Gasteiger partial charge < -0.3 is 30.4 Å². The summed E-state index contributed by atoms with van der Waals surface area (Å²) in [6.45, 7) is 1.38. The Kier molecular flexibility index (Phi) is 4.95. The lowest BCUT2D eigenvalue weighted by Crippen LogP contribution is -2.46. The molecule has 0 aliphatic heterocycles. The number of para-hydroxylation sites is 2. The van der Waals surface area contributed by atoms with Crippen LogP contribution in [0.5, 0.6) is 0 Å². The van der Waals surface area contributed by atoms with Crippen molar-refractivity contribution in [1.82, 2.24) is 9.97 Å². The molecule has 0 fully saturated rings. The molecule has 6 heteroatoms. The van der Waals surface area contributed by atoms with Gasteiger partial charge in [-0.1, -0.05) is 36.4 Å². The minimum atomic E-state index is -1.52. The Balaban J connectivity index is 1.88. The summed E-state index contributed by atoms with van der Waals surface area (Å²) in [6.07, 6.45) is -1.84. The van der Waals surface area contributed by atoms with Crippen LogP contribution in [-0.4, -0.2) is 54.8 Å². The molecule has 0 spiro atoms. The number of rotatable bonds is 6. The fraction of sp³-hybridized carbons (Fsp3) is 0.273. The highest BCUT2D eigenvalue weighted by molar-refractivity contribution is 5.88. The van der Waals surface area contributed by atoms with Crippen LogP contribution in [0.1, 0.15) is 24.0 Å². The SMILES string of the molecule is C[C@@H](O)[C@@H](O)[C@H](O)[C@@H](O)C(c1c[nH]c2ccccc12)c1c[nH]c2ccccc12. The van der Waals surface area contributed by atoms with E-state index in [9.17, 15) is 20.4 Å². The molecule has 4 rings (SSSR count). The summed E-state index contributed by atoms with van der Waals surface area (Å²) in [5, 5.41) is 43.4. The van der Waals surface area contributed by atoms with E-state index in [1.54, 1.807) is 0 Å². The Labute approximate surface area is 162 Å². The second-order valence-corrected chi connectivity index (χ2v) is 7.27. The molecular weight excluding hydrogens is 356 g/mol. The molecular formula is C22H24N2O4. The van der Waals surface area contributed by atoms with Crippen LogP contribution in [0.15, 0.2) is 60.9 Å². The lowest BCUT2D eigenvalue weighted by Gasteiger charge is -2.30. The summed E-state index contributed by atoms with van der Waals surface area (Å²) >= 11 is 0. The quantitative estimate of drug-likeness (QED) is 0.308. The minimum absolute atomic E-state index is 0.615. The molecule has 0 bridgehead atoms. The number of aromatic amines is 2. The summed E-state index contributed by atoms with van der Waals surface area (Å²) < 4.78 is 0. The Bertz CT molecular complexity index is 1010. The monoisotopic (exact) mass is 380 g/mol. The summed E-state index contributed by atoms with van der Waals surface area (Å²) in [5.41, 5.74) is 3.45. The fourth-order valence-corrected chi connectivity index (χ4v) is 3.92. The molecule has 2 aromatic carbocycles. The summed E-state index contributed by atoms with van der Waals surface area (Å²) in [7, 11) is 0. The van der Waals surface area contributed by atoms with Crippen LogP contribution < -0.4 is 0 Å². The third-order valence-electron chi connectivity index (χ3n) is 5.45. The third kappa shape index (κ3) is 3.10. The highest BCUT2D eigenvalue weighted by Gasteiger charge is 2.37. The number of hydrogen-bond donors (Lipinski definition) is 6. The zero-order valence-electron chi connectivity index (χ0n) is 15.4. The van der Waals surface area contributed by atoms with Crippen LogP contribution in [0.3, 0.4) is 0 Å². The molecule has 2 heterocycles. The van der Waals surface area contributed by atoms with Gasteiger partial charge in [-0.25, -0.2) is 0 Å². The number of H-pyrrole nitrogens is 2. The number of nitrogens with one attached hydrogen (secondary N) is 2. The second kappa shape index (κ2) is 7.41. The number of aliphatic hydroxyl groups excluding tert-OH is 4. The maximum absolute atomic E-state index is 11.1. The van der Waals surface area contributed by atoms with Crippen molar-refractivity contribution in [2.75, 3.05) is 0 Å². The Morgan fingerprint density at radius 1 is 0.643 bits per heavy atom. The average molecular weight is 380 g/mol. The van der Waals surface area contributed by atoms with Crippen molar-refractivity contribution in [2.45, 2.75) is 37.3 Å². The predicted octanol–water partition coefficient (Wildman–Crippen LogP) is 2.24. The topological polar surface area (TPSA) is 112 Å². The first-order chi connectivity index (χ1) is 13.5. The van der Waals surface area contributed by atoms with Crippen LogP contribution in [0.25, 0.3) is 21.8 Å². The first-order valence-corrected chi connectivity index (χ1v) is 9.33. The highest BCUT2D eigenvalue weighted by atomic mass is 16.4. The number of benzene rings is 2. The van der Waals surface area contributed by atoms with E-state index in [1.165, 1.54) is 6.92 Å². The second-order valence-electron chi connectivity index (χ2n) is 7.27. The maximum Gasteiger partial charge on any atom is 0.109 e. The Morgan fingerprint density at radius 3 is 1.57 bits per heavy atom. The van der Waals surface area contributed by atoms with Gasteiger partial charge in [0.05, 0.1) is 12.2 Å². The van der Waals surface area contributed by atoms with E-state index >= 15 is 0 Å². The lowest BCUT2D eigenvalue weighted by molar-refractivity contribution is -0.103. The van der Waals surface area contributed by atoms with Crippen LogP contribution in [0, 0.1) is 0 Å². The van der Waals surface area contributed by atoms with Gasteiger partial charge in [0.25, 0.3) is 0 Å². The number of aliphatic hydroxyl groups is 4. The van der Waals surface area contributed by atoms with E-state index < -0.39 is 30.3 Å². The normalized spacial score (nSPS) is 16.5. The number of fused-ring (bicyclic) bond motifs is 2. The predicted molar refractivity (Wildman–Crippen MR) is 108 cm³/mol. The van der Waals surface area contributed by atoms with E-state index in [0.29, 0.717) is 0 Å². The minimum Gasteiger partial charge on any atom is -0.391 e. The van der Waals surface area contributed by atoms with Gasteiger partial charge in [-0.3, -0.25) is 0 Å². The van der Waals surface area contributed by atoms with Gasteiger partial charge in [-0.2, -0.15) is 0 Å². The van der Waals surface area contributed by atoms with Gasteiger partial charge in [-0.15, -0.1) is 0 Å². The van der Waals surface area contributed by atoms with E-state index in [2.05, 4.69) is 9.97 Å². The first-order valence-electron chi connectivity index (χ1n) is 9.33. The molecule has 0 radical (unpaired) electrons. The Hall–Kier alpha value is -2.64. The van der Waals surface area contributed by atoms with E-state index in [0.717, 1.165) is 32.9 Å². The van der Waals surface area contributed by atoms with Crippen LogP contribution >= 0.6 is 0 Å². The molecule has 146 valence electrons. The van der Waals surface area contributed by atoms with Gasteiger partial charge in [-0.05, 0) is 30.2 Å². The molecule has 0 aliphatic rings. The zero-order chi connectivity index (χ0) is 19.8. The van der Waals surface area contributed by atoms with Crippen molar-refractivity contribution in [2.24, 2.45) is 0 Å². The zero-order valence-corrected chi connectivity index (χ0v) is 15.4. The molecule has 0 aliphatic carbocycles. The van der Waals surface area contributed by atoms with Gasteiger partial charge in [0.1, 0.15) is 12.2 Å². The van der Waals surface area contributed by atoms with Gasteiger partial charge in [0.2, 0.25) is 0 Å². The van der Waals surface area contributed by atoms with Crippen molar-refractivity contribution >= 4 is 21.8 Å². The number of hydrogen-bond acceptors (Lipinski definition) is 4. The lowest BCUT2D eigenvalue weighted by atomic mass is 9.82. The smallest absolute Gasteiger partial charge is 0.109 e.